The Hall–Kier alpha value is -2.68. The van der Waals surface area contributed by atoms with Gasteiger partial charge in [0.1, 0.15) is 12.0 Å². The standard InChI is InChI=1S/C24H29N3O4S/c1-18-5-11-23(12-6-18)32(28,29)25-14-19-4-3-13-27(15-19)16-21-17-31-24(26-21)20-7-9-22(30-2)10-8-20/h5-12,17,19,25H,3-4,13-16H2,1-2H3. The molecule has 0 aliphatic carbocycles. The highest BCUT2D eigenvalue weighted by atomic mass is 32.2. The molecule has 0 saturated carbocycles. The average molecular weight is 456 g/mol. The quantitative estimate of drug-likeness (QED) is 0.555. The Bertz CT molecular complexity index is 1120. The fraction of sp³-hybridized carbons (Fsp3) is 0.375. The first-order valence-corrected chi connectivity index (χ1v) is 12.3. The van der Waals surface area contributed by atoms with Gasteiger partial charge in [-0.15, -0.1) is 0 Å². The van der Waals surface area contributed by atoms with Gasteiger partial charge in [-0.3, -0.25) is 4.90 Å². The third-order valence-corrected chi connectivity index (χ3v) is 7.21. The number of ether oxygens (including phenoxy) is 1. The lowest BCUT2D eigenvalue weighted by molar-refractivity contribution is 0.167. The number of oxazole rings is 1. The van der Waals surface area contributed by atoms with E-state index in [9.17, 15) is 8.42 Å². The number of aryl methyl sites for hydroxylation is 1. The summed E-state index contributed by atoms with van der Waals surface area (Å²) in [7, 11) is -1.85. The third kappa shape index (κ3) is 5.56. The second kappa shape index (κ2) is 9.85. The normalized spacial score (nSPS) is 17.4. The van der Waals surface area contributed by atoms with Gasteiger partial charge in [-0.2, -0.15) is 0 Å². The van der Waals surface area contributed by atoms with Crippen LogP contribution in [0.25, 0.3) is 11.5 Å². The first kappa shape index (κ1) is 22.5. The van der Waals surface area contributed by atoms with Crippen LogP contribution in [0, 0.1) is 12.8 Å². The van der Waals surface area contributed by atoms with Crippen molar-refractivity contribution in [2.75, 3.05) is 26.7 Å². The van der Waals surface area contributed by atoms with E-state index in [0.29, 0.717) is 23.9 Å². The van der Waals surface area contributed by atoms with Gasteiger partial charge in [0, 0.05) is 25.2 Å². The number of likely N-dealkylation sites (tertiary alicyclic amines) is 1. The Morgan fingerprint density at radius 2 is 1.91 bits per heavy atom. The number of nitrogens with zero attached hydrogens (tertiary/aromatic N) is 2. The molecular weight excluding hydrogens is 426 g/mol. The van der Waals surface area contributed by atoms with Crippen LogP contribution in [0.4, 0.5) is 0 Å². The molecule has 1 fully saturated rings. The molecule has 0 bridgehead atoms. The monoisotopic (exact) mass is 455 g/mol. The zero-order chi connectivity index (χ0) is 22.6. The second-order valence-electron chi connectivity index (χ2n) is 8.28. The second-order valence-corrected chi connectivity index (χ2v) is 10.0. The molecular formula is C24H29N3O4S. The van der Waals surface area contributed by atoms with Crippen molar-refractivity contribution in [1.82, 2.24) is 14.6 Å². The van der Waals surface area contributed by atoms with Gasteiger partial charge in [0.25, 0.3) is 0 Å². The minimum atomic E-state index is -3.49. The molecule has 3 aromatic rings. The third-order valence-electron chi connectivity index (χ3n) is 5.77. The van der Waals surface area contributed by atoms with E-state index in [2.05, 4.69) is 14.6 Å². The molecule has 8 heteroatoms. The fourth-order valence-corrected chi connectivity index (χ4v) is 5.08. The van der Waals surface area contributed by atoms with Crippen molar-refractivity contribution in [2.24, 2.45) is 5.92 Å². The topological polar surface area (TPSA) is 84.7 Å². The van der Waals surface area contributed by atoms with Gasteiger partial charge in [0.2, 0.25) is 15.9 Å². The summed E-state index contributed by atoms with van der Waals surface area (Å²) in [4.78, 5) is 7.25. The van der Waals surface area contributed by atoms with Gasteiger partial charge in [-0.1, -0.05) is 17.7 Å². The summed E-state index contributed by atoms with van der Waals surface area (Å²) in [6.45, 7) is 4.84. The number of hydrogen-bond donors (Lipinski definition) is 1. The summed E-state index contributed by atoms with van der Waals surface area (Å²) in [6, 6.07) is 14.5. The number of aromatic nitrogens is 1. The van der Waals surface area contributed by atoms with Crippen molar-refractivity contribution in [2.45, 2.75) is 31.2 Å². The minimum absolute atomic E-state index is 0.261. The lowest BCUT2D eigenvalue weighted by Crippen LogP contribution is -2.40. The predicted octanol–water partition coefficient (Wildman–Crippen LogP) is 3.85. The number of piperidine rings is 1. The van der Waals surface area contributed by atoms with E-state index in [-0.39, 0.29) is 5.92 Å². The molecule has 0 spiro atoms. The average Bonchev–Trinajstić information content (AvgIpc) is 3.27. The Morgan fingerprint density at radius 3 is 2.62 bits per heavy atom. The van der Waals surface area contributed by atoms with Gasteiger partial charge in [-0.25, -0.2) is 18.1 Å². The van der Waals surface area contributed by atoms with Crippen LogP contribution in [0.3, 0.4) is 0 Å². The summed E-state index contributed by atoms with van der Waals surface area (Å²) in [5, 5.41) is 0. The van der Waals surface area contributed by atoms with Gasteiger partial charge < -0.3 is 9.15 Å². The van der Waals surface area contributed by atoms with Gasteiger partial charge in [0.05, 0.1) is 17.7 Å². The highest BCUT2D eigenvalue weighted by Crippen LogP contribution is 2.24. The first-order chi connectivity index (χ1) is 15.4. The minimum Gasteiger partial charge on any atom is -0.497 e. The van der Waals surface area contributed by atoms with Crippen molar-refractivity contribution in [3.63, 3.8) is 0 Å². The summed E-state index contributed by atoms with van der Waals surface area (Å²) in [5.41, 5.74) is 2.81. The maximum atomic E-state index is 12.6. The van der Waals surface area contributed by atoms with E-state index in [4.69, 9.17) is 9.15 Å². The molecule has 2 aromatic carbocycles. The Labute approximate surface area is 189 Å². The molecule has 1 unspecified atom stereocenters. The van der Waals surface area contributed by atoms with E-state index in [1.165, 1.54) is 0 Å². The SMILES string of the molecule is COc1ccc(-c2nc(CN3CCCC(CNS(=O)(=O)c4ccc(C)cc4)C3)co2)cc1. The van der Waals surface area contributed by atoms with Crippen LogP contribution in [-0.2, 0) is 16.6 Å². The molecule has 1 atom stereocenters. The molecule has 1 aliphatic rings. The molecule has 0 amide bonds. The van der Waals surface area contributed by atoms with Crippen molar-refractivity contribution in [3.8, 4) is 17.2 Å². The predicted molar refractivity (Wildman–Crippen MR) is 123 cm³/mol. The lowest BCUT2D eigenvalue weighted by Gasteiger charge is -2.32. The van der Waals surface area contributed by atoms with E-state index in [1.54, 1.807) is 25.5 Å². The molecule has 0 radical (unpaired) electrons. The fourth-order valence-electron chi connectivity index (χ4n) is 3.96. The zero-order valence-electron chi connectivity index (χ0n) is 18.5. The largest absolute Gasteiger partial charge is 0.497 e. The highest BCUT2D eigenvalue weighted by Gasteiger charge is 2.23. The van der Waals surface area contributed by atoms with Crippen molar-refractivity contribution >= 4 is 10.0 Å². The van der Waals surface area contributed by atoms with Crippen LogP contribution < -0.4 is 9.46 Å². The number of methoxy groups -OCH3 is 1. The number of hydrogen-bond acceptors (Lipinski definition) is 6. The van der Waals surface area contributed by atoms with Crippen LogP contribution in [0.5, 0.6) is 5.75 Å². The maximum Gasteiger partial charge on any atom is 0.240 e. The maximum absolute atomic E-state index is 12.6. The lowest BCUT2D eigenvalue weighted by atomic mass is 9.98. The molecule has 32 heavy (non-hydrogen) atoms. The van der Waals surface area contributed by atoms with E-state index in [1.807, 2.05) is 43.3 Å². The molecule has 2 heterocycles. The highest BCUT2D eigenvalue weighted by molar-refractivity contribution is 7.89. The zero-order valence-corrected chi connectivity index (χ0v) is 19.3. The number of nitrogens with one attached hydrogen (secondary N) is 1. The van der Waals surface area contributed by atoms with E-state index in [0.717, 1.165) is 48.5 Å². The van der Waals surface area contributed by atoms with Crippen molar-refractivity contribution < 1.29 is 17.6 Å². The molecule has 7 nitrogen and oxygen atoms in total. The Kier molecular flexibility index (Phi) is 6.93. The Morgan fingerprint density at radius 1 is 1.16 bits per heavy atom. The summed E-state index contributed by atoms with van der Waals surface area (Å²) in [5.74, 6) is 1.64. The van der Waals surface area contributed by atoms with Gasteiger partial charge >= 0.3 is 0 Å². The van der Waals surface area contributed by atoms with Crippen LogP contribution in [0.1, 0.15) is 24.1 Å². The first-order valence-electron chi connectivity index (χ1n) is 10.8. The van der Waals surface area contributed by atoms with Crippen LogP contribution in [0.2, 0.25) is 0 Å². The number of rotatable bonds is 8. The summed E-state index contributed by atoms with van der Waals surface area (Å²) in [6.07, 6.45) is 3.73. The molecule has 4 rings (SSSR count). The van der Waals surface area contributed by atoms with Crippen LogP contribution >= 0.6 is 0 Å². The molecule has 170 valence electrons. The molecule has 1 N–H and O–H groups in total. The summed E-state index contributed by atoms with van der Waals surface area (Å²) >= 11 is 0. The van der Waals surface area contributed by atoms with Crippen molar-refractivity contribution in [1.29, 1.82) is 0 Å². The van der Waals surface area contributed by atoms with Gasteiger partial charge in [-0.05, 0) is 68.6 Å². The van der Waals surface area contributed by atoms with Crippen molar-refractivity contribution in [3.05, 3.63) is 66.1 Å². The molecule has 1 aromatic heterocycles. The smallest absolute Gasteiger partial charge is 0.240 e. The number of benzene rings is 2. The van der Waals surface area contributed by atoms with E-state index < -0.39 is 10.0 Å². The van der Waals surface area contributed by atoms with E-state index >= 15 is 0 Å². The Balaban J connectivity index is 1.32. The van der Waals surface area contributed by atoms with Gasteiger partial charge in [0.15, 0.2) is 0 Å². The summed E-state index contributed by atoms with van der Waals surface area (Å²) < 4.78 is 38.8. The number of sulfonamides is 1. The molecule has 1 saturated heterocycles. The van der Waals surface area contributed by atoms with Crippen LogP contribution in [0.15, 0.2) is 64.1 Å². The van der Waals surface area contributed by atoms with Crippen LogP contribution in [-0.4, -0.2) is 45.0 Å². The molecule has 1 aliphatic heterocycles.